The summed E-state index contributed by atoms with van der Waals surface area (Å²) in [5, 5.41) is 45.3. The van der Waals surface area contributed by atoms with Crippen LogP contribution in [-0.4, -0.2) is 59.8 Å². The number of nitrogens with two attached hydrogens (primary N) is 1. The third kappa shape index (κ3) is 2.17. The van der Waals surface area contributed by atoms with E-state index in [1.807, 2.05) is 0 Å². The molecular formula is C9H16N4O4. The van der Waals surface area contributed by atoms with Gasteiger partial charge >= 0.3 is 0 Å². The zero-order valence-corrected chi connectivity index (χ0v) is 9.09. The minimum Gasteiger partial charge on any atom is -0.390 e. The summed E-state index contributed by atoms with van der Waals surface area (Å²) in [5.74, 6) is 0. The number of rotatable bonds is 2. The van der Waals surface area contributed by atoms with E-state index < -0.39 is 30.4 Å². The molecular weight excluding hydrogens is 228 g/mol. The van der Waals surface area contributed by atoms with Crippen molar-refractivity contribution < 1.29 is 20.4 Å². The van der Waals surface area contributed by atoms with Crippen LogP contribution in [0.2, 0.25) is 0 Å². The fraction of sp³-hybridized carbons (Fsp3) is 0.778. The van der Waals surface area contributed by atoms with Gasteiger partial charge in [0.15, 0.2) is 0 Å². The van der Waals surface area contributed by atoms with Gasteiger partial charge in [-0.15, -0.1) is 5.10 Å². The van der Waals surface area contributed by atoms with E-state index in [2.05, 4.69) is 10.3 Å². The van der Waals surface area contributed by atoms with Crippen molar-refractivity contribution in [2.45, 2.75) is 43.4 Å². The zero-order chi connectivity index (χ0) is 12.6. The van der Waals surface area contributed by atoms with Crippen LogP contribution >= 0.6 is 0 Å². The molecule has 8 nitrogen and oxygen atoms in total. The number of aromatic nitrogens is 3. The Hall–Kier alpha value is -1.06. The van der Waals surface area contributed by atoms with Crippen molar-refractivity contribution in [2.75, 3.05) is 0 Å². The molecule has 5 atom stereocenters. The molecule has 2 rings (SSSR count). The molecule has 96 valence electrons. The highest BCUT2D eigenvalue weighted by Crippen LogP contribution is 2.28. The fourth-order valence-electron chi connectivity index (χ4n) is 2.05. The molecule has 17 heavy (non-hydrogen) atoms. The highest BCUT2D eigenvalue weighted by molar-refractivity contribution is 4.99. The average molecular weight is 244 g/mol. The van der Waals surface area contributed by atoms with Gasteiger partial charge in [0, 0.05) is 6.04 Å². The summed E-state index contributed by atoms with van der Waals surface area (Å²) < 4.78 is 1.35. The fourth-order valence-corrected chi connectivity index (χ4v) is 2.05. The van der Waals surface area contributed by atoms with Gasteiger partial charge in [0.1, 0.15) is 17.9 Å². The normalized spacial score (nSPS) is 38.3. The van der Waals surface area contributed by atoms with Gasteiger partial charge in [0.25, 0.3) is 0 Å². The van der Waals surface area contributed by atoms with Crippen LogP contribution in [0.25, 0.3) is 0 Å². The summed E-state index contributed by atoms with van der Waals surface area (Å²) in [7, 11) is 0. The Kier molecular flexibility index (Phi) is 3.40. The lowest BCUT2D eigenvalue weighted by Crippen LogP contribution is -2.56. The summed E-state index contributed by atoms with van der Waals surface area (Å²) in [6.07, 6.45) is -1.88. The lowest BCUT2D eigenvalue weighted by atomic mass is 9.84. The van der Waals surface area contributed by atoms with Crippen molar-refractivity contribution in [3.05, 3.63) is 11.9 Å². The second-order valence-corrected chi connectivity index (χ2v) is 4.29. The van der Waals surface area contributed by atoms with Gasteiger partial charge in [-0.3, -0.25) is 0 Å². The van der Waals surface area contributed by atoms with Crippen molar-refractivity contribution >= 4 is 0 Å². The standard InChI is InChI=1S/C9H16N4O4/c10-5-1-6(8(16)9(17)7(5)15)13-2-4(3-14)11-12-13/h2,5-9,14-17H,1,3,10H2/t5-,6+,7+,8-,9-/m0/s1. The van der Waals surface area contributed by atoms with Crippen molar-refractivity contribution in [3.8, 4) is 0 Å². The molecule has 1 aromatic heterocycles. The highest BCUT2D eigenvalue weighted by Gasteiger charge is 2.42. The Labute approximate surface area is 97.3 Å². The van der Waals surface area contributed by atoms with Crippen molar-refractivity contribution in [2.24, 2.45) is 5.73 Å². The van der Waals surface area contributed by atoms with Gasteiger partial charge in [-0.1, -0.05) is 5.21 Å². The molecule has 0 bridgehead atoms. The maximum atomic E-state index is 9.84. The van der Waals surface area contributed by atoms with Crippen LogP contribution in [0.3, 0.4) is 0 Å². The number of aliphatic hydroxyl groups excluding tert-OH is 4. The molecule has 1 aromatic rings. The van der Waals surface area contributed by atoms with Crippen LogP contribution < -0.4 is 5.73 Å². The Morgan fingerprint density at radius 1 is 1.29 bits per heavy atom. The van der Waals surface area contributed by atoms with E-state index in [1.165, 1.54) is 10.9 Å². The van der Waals surface area contributed by atoms with E-state index in [0.29, 0.717) is 5.69 Å². The highest BCUT2D eigenvalue weighted by atomic mass is 16.4. The average Bonchev–Trinajstić information content (AvgIpc) is 2.79. The molecule has 0 unspecified atom stereocenters. The van der Waals surface area contributed by atoms with Crippen LogP contribution in [0.1, 0.15) is 18.2 Å². The molecule has 1 fully saturated rings. The summed E-state index contributed by atoms with van der Waals surface area (Å²) in [5.41, 5.74) is 6.03. The first-order chi connectivity index (χ1) is 8.04. The molecule has 1 aliphatic carbocycles. The predicted octanol–water partition coefficient (Wildman–Crippen LogP) is -2.87. The van der Waals surface area contributed by atoms with Gasteiger partial charge < -0.3 is 26.2 Å². The van der Waals surface area contributed by atoms with Gasteiger partial charge in [-0.25, -0.2) is 4.68 Å². The van der Waals surface area contributed by atoms with E-state index >= 15 is 0 Å². The lowest BCUT2D eigenvalue weighted by molar-refractivity contribution is -0.115. The first-order valence-electron chi connectivity index (χ1n) is 5.36. The maximum Gasteiger partial charge on any atom is 0.109 e. The maximum absolute atomic E-state index is 9.84. The first kappa shape index (κ1) is 12.4. The molecule has 1 saturated carbocycles. The quantitative estimate of drug-likeness (QED) is 0.377. The summed E-state index contributed by atoms with van der Waals surface area (Å²) in [4.78, 5) is 0. The Morgan fingerprint density at radius 3 is 2.59 bits per heavy atom. The molecule has 6 N–H and O–H groups in total. The molecule has 0 amide bonds. The molecule has 0 aliphatic heterocycles. The molecule has 1 aliphatic rings. The summed E-state index contributed by atoms with van der Waals surface area (Å²) in [6.45, 7) is -0.250. The molecule has 1 heterocycles. The van der Waals surface area contributed by atoms with Gasteiger partial charge in [0.2, 0.25) is 0 Å². The SMILES string of the molecule is N[C@H]1C[C@@H](n2cc(CO)nn2)[C@H](O)[C@@H](O)[C@@H]1O. The predicted molar refractivity (Wildman–Crippen MR) is 55.6 cm³/mol. The van der Waals surface area contributed by atoms with Crippen LogP contribution in [0, 0.1) is 0 Å². The Bertz CT molecular complexity index is 385. The second-order valence-electron chi connectivity index (χ2n) is 4.29. The molecule has 0 saturated heterocycles. The number of aliphatic hydroxyl groups is 4. The van der Waals surface area contributed by atoms with E-state index in [4.69, 9.17) is 10.8 Å². The third-order valence-corrected chi connectivity index (χ3v) is 3.11. The Balaban J connectivity index is 2.20. The van der Waals surface area contributed by atoms with Gasteiger partial charge in [-0.05, 0) is 6.42 Å². The largest absolute Gasteiger partial charge is 0.390 e. The second kappa shape index (κ2) is 4.67. The number of nitrogens with zero attached hydrogens (tertiary/aromatic N) is 3. The number of hydrogen-bond acceptors (Lipinski definition) is 7. The smallest absolute Gasteiger partial charge is 0.109 e. The lowest BCUT2D eigenvalue weighted by Gasteiger charge is -2.38. The van der Waals surface area contributed by atoms with Crippen LogP contribution in [0.15, 0.2) is 6.20 Å². The topological polar surface area (TPSA) is 138 Å². The zero-order valence-electron chi connectivity index (χ0n) is 9.09. The van der Waals surface area contributed by atoms with Crippen LogP contribution in [0.5, 0.6) is 0 Å². The third-order valence-electron chi connectivity index (χ3n) is 3.11. The van der Waals surface area contributed by atoms with E-state index in [0.717, 1.165) is 0 Å². The molecule has 0 aromatic carbocycles. The minimum atomic E-state index is -1.31. The van der Waals surface area contributed by atoms with Crippen LogP contribution in [0.4, 0.5) is 0 Å². The monoisotopic (exact) mass is 244 g/mol. The summed E-state index contributed by atoms with van der Waals surface area (Å²) >= 11 is 0. The van der Waals surface area contributed by atoms with Crippen molar-refractivity contribution in [1.29, 1.82) is 0 Å². The van der Waals surface area contributed by atoms with Crippen molar-refractivity contribution in [3.63, 3.8) is 0 Å². The first-order valence-corrected chi connectivity index (χ1v) is 5.36. The summed E-state index contributed by atoms with van der Waals surface area (Å²) in [6, 6.07) is -1.20. The van der Waals surface area contributed by atoms with Crippen LogP contribution in [-0.2, 0) is 6.61 Å². The van der Waals surface area contributed by atoms with Gasteiger partial charge in [0.05, 0.1) is 24.9 Å². The van der Waals surface area contributed by atoms with Gasteiger partial charge in [-0.2, -0.15) is 0 Å². The Morgan fingerprint density at radius 2 is 2.00 bits per heavy atom. The van der Waals surface area contributed by atoms with E-state index in [9.17, 15) is 15.3 Å². The molecule has 8 heteroatoms. The van der Waals surface area contributed by atoms with E-state index in [1.54, 1.807) is 0 Å². The molecule has 0 spiro atoms. The minimum absolute atomic E-state index is 0.250. The van der Waals surface area contributed by atoms with Crippen molar-refractivity contribution in [1.82, 2.24) is 15.0 Å². The molecule has 0 radical (unpaired) electrons. The van der Waals surface area contributed by atoms with E-state index in [-0.39, 0.29) is 13.0 Å². The number of hydrogen-bond donors (Lipinski definition) is 5.